The van der Waals surface area contributed by atoms with E-state index in [1.807, 2.05) is 29.3 Å². The maximum Gasteiger partial charge on any atom is 0.317 e. The number of benzene rings is 2. The van der Waals surface area contributed by atoms with Crippen LogP contribution >= 0.6 is 0 Å². The van der Waals surface area contributed by atoms with Gasteiger partial charge in [0.25, 0.3) is 0 Å². The quantitative estimate of drug-likeness (QED) is 0.703. The number of hydrogen-bond acceptors (Lipinski definition) is 2. The van der Waals surface area contributed by atoms with Crippen molar-refractivity contribution in [3.63, 3.8) is 0 Å². The molecule has 1 fully saturated rings. The van der Waals surface area contributed by atoms with Crippen LogP contribution in [0.3, 0.4) is 0 Å². The van der Waals surface area contributed by atoms with Crippen molar-refractivity contribution in [1.29, 1.82) is 0 Å². The summed E-state index contributed by atoms with van der Waals surface area (Å²) in [5, 5.41) is 3.05. The number of likely N-dealkylation sites (tertiary alicyclic amines) is 1. The average Bonchev–Trinajstić information content (AvgIpc) is 3.15. The number of nitrogens with zero attached hydrogens (tertiary/aromatic N) is 3. The van der Waals surface area contributed by atoms with Gasteiger partial charge >= 0.3 is 6.03 Å². The van der Waals surface area contributed by atoms with Crippen LogP contribution in [0.2, 0.25) is 0 Å². The molecule has 1 aliphatic heterocycles. The molecule has 0 spiro atoms. The standard InChI is InChI=1S/C24H28N4O/c1-18-8-10-20(11-9-18)17-26-24(29)27-14-12-22(13-15-27)28-19(2)16-25-23(28)21-6-4-3-5-7-21/h3-11,16,22H,12-15,17H2,1-2H3,(H,26,29). The number of aryl methyl sites for hydroxylation is 2. The van der Waals surface area contributed by atoms with E-state index < -0.39 is 0 Å². The predicted octanol–water partition coefficient (Wildman–Crippen LogP) is 4.71. The number of rotatable bonds is 4. The number of nitrogens with one attached hydrogen (secondary N) is 1. The summed E-state index contributed by atoms with van der Waals surface area (Å²) in [6, 6.07) is 19.0. The number of urea groups is 1. The Morgan fingerprint density at radius 1 is 1.03 bits per heavy atom. The van der Waals surface area contributed by atoms with E-state index in [9.17, 15) is 4.79 Å². The highest BCUT2D eigenvalue weighted by atomic mass is 16.2. The van der Waals surface area contributed by atoms with Crippen molar-refractivity contribution in [1.82, 2.24) is 19.8 Å². The van der Waals surface area contributed by atoms with Crippen molar-refractivity contribution in [2.45, 2.75) is 39.3 Å². The molecule has 0 atom stereocenters. The Morgan fingerprint density at radius 3 is 2.41 bits per heavy atom. The minimum atomic E-state index is 0.0228. The van der Waals surface area contributed by atoms with Crippen molar-refractivity contribution in [2.24, 2.45) is 0 Å². The van der Waals surface area contributed by atoms with Crippen LogP contribution in [-0.2, 0) is 6.54 Å². The molecule has 0 radical (unpaired) electrons. The van der Waals surface area contributed by atoms with Crippen LogP contribution in [-0.4, -0.2) is 33.6 Å². The van der Waals surface area contributed by atoms with Crippen LogP contribution in [0, 0.1) is 13.8 Å². The summed E-state index contributed by atoms with van der Waals surface area (Å²) in [5.41, 5.74) is 4.66. The minimum Gasteiger partial charge on any atom is -0.334 e. The van der Waals surface area contributed by atoms with Crippen molar-refractivity contribution in [3.8, 4) is 11.4 Å². The Bertz CT molecular complexity index is 954. The number of carbonyl (C=O) groups excluding carboxylic acids is 1. The first-order valence-electron chi connectivity index (χ1n) is 10.3. The zero-order valence-corrected chi connectivity index (χ0v) is 17.1. The molecule has 5 heteroatoms. The Labute approximate surface area is 172 Å². The van der Waals surface area contributed by atoms with Crippen molar-refractivity contribution >= 4 is 6.03 Å². The molecule has 2 aromatic carbocycles. The second-order valence-corrected chi connectivity index (χ2v) is 7.82. The Morgan fingerprint density at radius 2 is 1.72 bits per heavy atom. The van der Waals surface area contributed by atoms with Crippen LogP contribution in [0.5, 0.6) is 0 Å². The molecule has 3 aromatic rings. The molecule has 1 saturated heterocycles. The first-order chi connectivity index (χ1) is 14.1. The first kappa shape index (κ1) is 19.2. The smallest absolute Gasteiger partial charge is 0.317 e. The number of imidazole rings is 1. The average molecular weight is 389 g/mol. The van der Waals surface area contributed by atoms with E-state index in [0.717, 1.165) is 42.9 Å². The van der Waals surface area contributed by atoms with Gasteiger partial charge in [-0.1, -0.05) is 60.2 Å². The number of amides is 2. The Hall–Kier alpha value is -3.08. The van der Waals surface area contributed by atoms with Crippen LogP contribution < -0.4 is 5.32 Å². The van der Waals surface area contributed by atoms with Gasteiger partial charge in [-0.3, -0.25) is 0 Å². The van der Waals surface area contributed by atoms with E-state index in [-0.39, 0.29) is 6.03 Å². The van der Waals surface area contributed by atoms with Gasteiger partial charge in [0.2, 0.25) is 0 Å². The predicted molar refractivity (Wildman–Crippen MR) is 116 cm³/mol. The zero-order valence-electron chi connectivity index (χ0n) is 17.1. The largest absolute Gasteiger partial charge is 0.334 e. The maximum atomic E-state index is 12.6. The van der Waals surface area contributed by atoms with Gasteiger partial charge in [0, 0.05) is 43.1 Å². The zero-order chi connectivity index (χ0) is 20.2. The summed E-state index contributed by atoms with van der Waals surface area (Å²) in [6.07, 6.45) is 3.83. The first-order valence-corrected chi connectivity index (χ1v) is 10.3. The van der Waals surface area contributed by atoms with Crippen LogP contribution in [0.4, 0.5) is 4.79 Å². The van der Waals surface area contributed by atoms with Crippen molar-refractivity contribution in [3.05, 3.63) is 77.6 Å². The van der Waals surface area contributed by atoms with Gasteiger partial charge in [0.05, 0.1) is 0 Å². The van der Waals surface area contributed by atoms with E-state index in [1.165, 1.54) is 11.3 Å². The molecule has 0 saturated carbocycles. The van der Waals surface area contributed by atoms with Crippen molar-refractivity contribution < 1.29 is 4.79 Å². The molecule has 1 aliphatic rings. The lowest BCUT2D eigenvalue weighted by molar-refractivity contribution is 0.171. The van der Waals surface area contributed by atoms with E-state index in [4.69, 9.17) is 0 Å². The second-order valence-electron chi connectivity index (χ2n) is 7.82. The van der Waals surface area contributed by atoms with Gasteiger partial charge in [-0.05, 0) is 32.3 Å². The van der Waals surface area contributed by atoms with Gasteiger partial charge in [0.15, 0.2) is 0 Å². The fourth-order valence-corrected chi connectivity index (χ4v) is 4.03. The van der Waals surface area contributed by atoms with Crippen LogP contribution in [0.15, 0.2) is 60.8 Å². The molecular weight excluding hydrogens is 360 g/mol. The Balaban J connectivity index is 1.37. The summed E-state index contributed by atoms with van der Waals surface area (Å²) in [6.45, 7) is 6.27. The highest BCUT2D eigenvalue weighted by Gasteiger charge is 2.26. The molecule has 0 aliphatic carbocycles. The highest BCUT2D eigenvalue weighted by molar-refractivity contribution is 5.74. The molecule has 4 rings (SSSR count). The molecule has 1 aromatic heterocycles. The number of piperidine rings is 1. The summed E-state index contributed by atoms with van der Waals surface area (Å²) in [5.74, 6) is 1.02. The number of hydrogen-bond donors (Lipinski definition) is 1. The van der Waals surface area contributed by atoms with Crippen LogP contribution in [0.1, 0.15) is 35.7 Å². The molecular formula is C24H28N4O. The lowest BCUT2D eigenvalue weighted by atomic mass is 10.0. The third kappa shape index (κ3) is 4.34. The van der Waals surface area contributed by atoms with Gasteiger partial charge in [-0.2, -0.15) is 0 Å². The second kappa shape index (κ2) is 8.52. The van der Waals surface area contributed by atoms with Gasteiger partial charge in [-0.25, -0.2) is 9.78 Å². The molecule has 0 bridgehead atoms. The monoisotopic (exact) mass is 388 g/mol. The highest BCUT2D eigenvalue weighted by Crippen LogP contribution is 2.30. The number of aromatic nitrogens is 2. The third-order valence-corrected chi connectivity index (χ3v) is 5.70. The minimum absolute atomic E-state index is 0.0228. The van der Waals surface area contributed by atoms with Gasteiger partial charge in [0.1, 0.15) is 5.82 Å². The van der Waals surface area contributed by atoms with Crippen molar-refractivity contribution in [2.75, 3.05) is 13.1 Å². The SMILES string of the molecule is Cc1ccc(CNC(=O)N2CCC(n3c(C)cnc3-c3ccccc3)CC2)cc1. The normalized spacial score (nSPS) is 14.8. The fraction of sp³-hybridized carbons (Fsp3) is 0.333. The molecule has 1 N–H and O–H groups in total. The van der Waals surface area contributed by atoms with Gasteiger partial charge in [-0.15, -0.1) is 0 Å². The van der Waals surface area contributed by atoms with E-state index >= 15 is 0 Å². The Kier molecular flexibility index (Phi) is 5.65. The summed E-state index contributed by atoms with van der Waals surface area (Å²) < 4.78 is 2.34. The van der Waals surface area contributed by atoms with E-state index in [0.29, 0.717) is 12.6 Å². The molecule has 0 unspecified atom stereocenters. The third-order valence-electron chi connectivity index (χ3n) is 5.70. The molecule has 5 nitrogen and oxygen atoms in total. The number of carbonyl (C=O) groups is 1. The molecule has 150 valence electrons. The van der Waals surface area contributed by atoms with E-state index in [1.54, 1.807) is 0 Å². The van der Waals surface area contributed by atoms with Gasteiger partial charge < -0.3 is 14.8 Å². The van der Waals surface area contributed by atoms with E-state index in [2.05, 4.69) is 65.1 Å². The lowest BCUT2D eigenvalue weighted by Gasteiger charge is -2.34. The fourth-order valence-electron chi connectivity index (χ4n) is 4.03. The molecule has 2 heterocycles. The molecule has 29 heavy (non-hydrogen) atoms. The summed E-state index contributed by atoms with van der Waals surface area (Å²) >= 11 is 0. The lowest BCUT2D eigenvalue weighted by Crippen LogP contribution is -2.44. The molecule has 2 amide bonds. The summed E-state index contributed by atoms with van der Waals surface area (Å²) in [7, 11) is 0. The maximum absolute atomic E-state index is 12.6. The summed E-state index contributed by atoms with van der Waals surface area (Å²) in [4.78, 5) is 19.2. The topological polar surface area (TPSA) is 50.2 Å². The van der Waals surface area contributed by atoms with Crippen LogP contribution in [0.25, 0.3) is 11.4 Å².